The fourth-order valence-electron chi connectivity index (χ4n) is 5.41. The number of carbonyl (C=O) groups is 2. The van der Waals surface area contributed by atoms with E-state index < -0.39 is 12.1 Å². The van der Waals surface area contributed by atoms with Gasteiger partial charge in [-0.3, -0.25) is 9.20 Å². The van der Waals surface area contributed by atoms with Crippen LogP contribution in [0.4, 0.5) is 16.3 Å². The summed E-state index contributed by atoms with van der Waals surface area (Å²) in [5.74, 6) is 1.55. The minimum absolute atomic E-state index is 0.00176. The number of aromatic nitrogens is 4. The number of benzene rings is 1. The Morgan fingerprint density at radius 3 is 2.59 bits per heavy atom. The van der Waals surface area contributed by atoms with E-state index in [2.05, 4.69) is 57.8 Å². The number of nitrogens with one attached hydrogen (secondary N) is 2. The Morgan fingerprint density at radius 2 is 1.88 bits per heavy atom. The van der Waals surface area contributed by atoms with Crippen LogP contribution in [0.15, 0.2) is 18.2 Å². The molecule has 1 amide bonds. The predicted molar refractivity (Wildman–Crippen MR) is 161 cm³/mol. The van der Waals surface area contributed by atoms with Gasteiger partial charge in [-0.05, 0) is 64.2 Å². The summed E-state index contributed by atoms with van der Waals surface area (Å²) in [5, 5.41) is 14.9. The van der Waals surface area contributed by atoms with Gasteiger partial charge in [0, 0.05) is 31.7 Å². The van der Waals surface area contributed by atoms with Gasteiger partial charge in [0.15, 0.2) is 11.6 Å². The first kappa shape index (κ1) is 30.5. The summed E-state index contributed by atoms with van der Waals surface area (Å²) in [6.07, 6.45) is 3.47. The topological polar surface area (TPSA) is 123 Å². The number of carbonyl (C=O) groups excluding carboxylic acids is 2. The molecule has 0 unspecified atom stereocenters. The molecule has 3 atom stereocenters. The van der Waals surface area contributed by atoms with Crippen LogP contribution in [0.25, 0.3) is 16.7 Å². The number of ketones is 1. The summed E-state index contributed by atoms with van der Waals surface area (Å²) in [5.41, 5.74) is 3.67. The van der Waals surface area contributed by atoms with Crippen molar-refractivity contribution in [2.75, 3.05) is 36.5 Å². The Hall–Kier alpha value is -3.47. The van der Waals surface area contributed by atoms with Crippen molar-refractivity contribution in [2.24, 2.45) is 5.92 Å². The van der Waals surface area contributed by atoms with Gasteiger partial charge in [-0.25, -0.2) is 9.78 Å². The highest BCUT2D eigenvalue weighted by Gasteiger charge is 2.25. The quantitative estimate of drug-likeness (QED) is 0.278. The number of morpholine rings is 1. The van der Waals surface area contributed by atoms with Gasteiger partial charge in [-0.15, -0.1) is 10.2 Å². The lowest BCUT2D eigenvalue weighted by atomic mass is 9.96. The van der Waals surface area contributed by atoms with E-state index >= 15 is 0 Å². The average molecular weight is 568 g/mol. The molecule has 1 fully saturated rings. The molecule has 4 rings (SSSR count). The van der Waals surface area contributed by atoms with E-state index in [4.69, 9.17) is 14.5 Å². The zero-order chi connectivity index (χ0) is 29.5. The van der Waals surface area contributed by atoms with Gasteiger partial charge in [0.1, 0.15) is 5.82 Å². The monoisotopic (exact) mass is 567 g/mol. The largest absolute Gasteiger partial charge is 0.450 e. The average Bonchev–Trinajstić information content (AvgIpc) is 3.33. The maximum atomic E-state index is 12.8. The lowest BCUT2D eigenvalue weighted by molar-refractivity contribution is -0.122. The summed E-state index contributed by atoms with van der Waals surface area (Å²) >= 11 is 0. The highest BCUT2D eigenvalue weighted by Crippen LogP contribution is 2.27. The van der Waals surface area contributed by atoms with Crippen LogP contribution in [0.3, 0.4) is 0 Å². The smallest absolute Gasteiger partial charge is 0.407 e. The molecule has 1 aliphatic heterocycles. The number of anilines is 2. The fraction of sp³-hybridized carbons (Fsp3) is 0.633. The summed E-state index contributed by atoms with van der Waals surface area (Å²) in [6, 6.07) is 5.83. The number of aryl methyl sites for hydroxylation is 1. The van der Waals surface area contributed by atoms with Crippen molar-refractivity contribution in [1.29, 1.82) is 0 Å². The minimum atomic E-state index is -0.530. The molecule has 0 spiro atoms. The van der Waals surface area contributed by atoms with Crippen LogP contribution < -0.4 is 15.5 Å². The van der Waals surface area contributed by atoms with Crippen molar-refractivity contribution in [3.63, 3.8) is 0 Å². The van der Waals surface area contributed by atoms with Crippen LogP contribution in [-0.4, -0.2) is 75.9 Å². The van der Waals surface area contributed by atoms with Crippen LogP contribution in [0.5, 0.6) is 0 Å². The SMILES string of the molecule is CCCOC(=O)N[C@H](C(=O)CCCCCNc1nc2cc(N3C[C@@H](C)O[C@@H](C)C3)ccc2n2c(C)nnc12)C(C)C. The fourth-order valence-corrected chi connectivity index (χ4v) is 5.41. The second kappa shape index (κ2) is 13.9. The molecule has 224 valence electrons. The van der Waals surface area contributed by atoms with E-state index in [1.165, 1.54) is 0 Å². The molecule has 1 aliphatic rings. The molecule has 2 aromatic heterocycles. The second-order valence-corrected chi connectivity index (χ2v) is 11.4. The number of hydrogen-bond donors (Lipinski definition) is 2. The van der Waals surface area contributed by atoms with Crippen molar-refractivity contribution in [3.05, 3.63) is 24.0 Å². The number of nitrogens with zero attached hydrogens (tertiary/aromatic N) is 5. The van der Waals surface area contributed by atoms with Gasteiger partial charge in [0.05, 0.1) is 35.9 Å². The number of alkyl carbamates (subject to hydrolysis) is 1. The van der Waals surface area contributed by atoms with Crippen molar-refractivity contribution in [2.45, 2.75) is 91.9 Å². The predicted octanol–water partition coefficient (Wildman–Crippen LogP) is 4.90. The molecule has 11 heteroatoms. The number of ether oxygens (including phenoxy) is 2. The van der Waals surface area contributed by atoms with E-state index in [9.17, 15) is 9.59 Å². The van der Waals surface area contributed by atoms with Crippen LogP contribution >= 0.6 is 0 Å². The van der Waals surface area contributed by atoms with Gasteiger partial charge < -0.3 is 25.0 Å². The molecule has 2 N–H and O–H groups in total. The van der Waals surface area contributed by atoms with Crippen LogP contribution in [0, 0.1) is 12.8 Å². The standard InChI is InChI=1S/C30H45N7O4/c1-7-15-40-30(39)33-27(19(2)3)26(38)11-9-8-10-14-31-28-29-35-34-22(6)37(29)25-13-12-23(16-24(25)32-28)36-17-20(4)41-21(5)18-36/h12-13,16,19-21,27H,7-11,14-15,17-18H2,1-6H3,(H,31,32)(H,33,39)/t20-,21+,27-/m0/s1. The molecule has 1 aromatic carbocycles. The number of fused-ring (bicyclic) bond motifs is 3. The third-order valence-electron chi connectivity index (χ3n) is 7.37. The molecule has 0 bridgehead atoms. The first-order valence-electron chi connectivity index (χ1n) is 14.9. The molecular formula is C30H45N7O4. The summed E-state index contributed by atoms with van der Waals surface area (Å²) < 4.78 is 13.0. The first-order chi connectivity index (χ1) is 19.7. The second-order valence-electron chi connectivity index (χ2n) is 11.4. The Morgan fingerprint density at radius 1 is 1.12 bits per heavy atom. The lowest BCUT2D eigenvalue weighted by Gasteiger charge is -2.36. The highest BCUT2D eigenvalue weighted by molar-refractivity contribution is 5.88. The summed E-state index contributed by atoms with van der Waals surface area (Å²) in [4.78, 5) is 32.0. The van der Waals surface area contributed by atoms with Crippen molar-refractivity contribution >= 4 is 40.1 Å². The maximum absolute atomic E-state index is 12.8. The highest BCUT2D eigenvalue weighted by atomic mass is 16.5. The van der Waals surface area contributed by atoms with E-state index in [-0.39, 0.29) is 23.9 Å². The molecule has 0 radical (unpaired) electrons. The molecule has 1 saturated heterocycles. The number of unbranched alkanes of at least 4 members (excludes halogenated alkanes) is 2. The van der Waals surface area contributed by atoms with Crippen molar-refractivity contribution < 1.29 is 19.1 Å². The Kier molecular flexibility index (Phi) is 10.4. The van der Waals surface area contributed by atoms with Crippen molar-refractivity contribution in [3.8, 4) is 0 Å². The zero-order valence-electron chi connectivity index (χ0n) is 25.3. The van der Waals surface area contributed by atoms with E-state index in [0.717, 1.165) is 61.3 Å². The van der Waals surface area contributed by atoms with E-state index in [1.807, 2.05) is 32.1 Å². The first-order valence-corrected chi connectivity index (χ1v) is 14.9. The Labute approximate surface area is 242 Å². The molecule has 3 heterocycles. The third-order valence-corrected chi connectivity index (χ3v) is 7.37. The molecule has 0 saturated carbocycles. The molecule has 0 aliphatic carbocycles. The summed E-state index contributed by atoms with van der Waals surface area (Å²) in [6.45, 7) is 14.7. The maximum Gasteiger partial charge on any atom is 0.407 e. The van der Waals surface area contributed by atoms with Crippen molar-refractivity contribution in [1.82, 2.24) is 24.9 Å². The van der Waals surface area contributed by atoms with Gasteiger partial charge in [-0.1, -0.05) is 27.2 Å². The number of rotatable bonds is 13. The Balaban J connectivity index is 1.36. The van der Waals surface area contributed by atoms with Gasteiger partial charge in [-0.2, -0.15) is 0 Å². The lowest BCUT2D eigenvalue weighted by Crippen LogP contribution is -2.45. The van der Waals surface area contributed by atoms with Gasteiger partial charge >= 0.3 is 6.09 Å². The van der Waals surface area contributed by atoms with Gasteiger partial charge in [0.25, 0.3) is 0 Å². The van der Waals surface area contributed by atoms with Crippen LogP contribution in [-0.2, 0) is 14.3 Å². The molecule has 11 nitrogen and oxygen atoms in total. The van der Waals surface area contributed by atoms with E-state index in [1.54, 1.807) is 0 Å². The van der Waals surface area contributed by atoms with Crippen LogP contribution in [0.2, 0.25) is 0 Å². The summed E-state index contributed by atoms with van der Waals surface area (Å²) in [7, 11) is 0. The van der Waals surface area contributed by atoms with E-state index in [0.29, 0.717) is 31.0 Å². The normalized spacial score (nSPS) is 18.2. The third kappa shape index (κ3) is 7.63. The number of hydrogen-bond acceptors (Lipinski definition) is 9. The minimum Gasteiger partial charge on any atom is -0.450 e. The Bertz CT molecular complexity index is 1330. The number of amides is 1. The van der Waals surface area contributed by atoms with Gasteiger partial charge in [0.2, 0.25) is 5.65 Å². The molecular weight excluding hydrogens is 522 g/mol. The number of Topliss-reactive ketones (excluding diaryl/α,β-unsaturated/α-hetero) is 1. The molecule has 3 aromatic rings. The zero-order valence-corrected chi connectivity index (χ0v) is 25.3. The molecule has 41 heavy (non-hydrogen) atoms. The van der Waals surface area contributed by atoms with Crippen LogP contribution in [0.1, 0.15) is 72.5 Å².